The molecule has 0 N–H and O–H groups in total. The molecule has 1 aliphatic heterocycles. The van der Waals surface area contributed by atoms with Crippen molar-refractivity contribution in [2.24, 2.45) is 0 Å². The Labute approximate surface area is 146 Å². The van der Waals surface area contributed by atoms with Gasteiger partial charge < -0.3 is 14.7 Å². The van der Waals surface area contributed by atoms with E-state index in [2.05, 4.69) is 6.58 Å². The predicted molar refractivity (Wildman–Crippen MR) is 92.8 cm³/mol. The topological polar surface area (TPSA) is 60.9 Å². The molecule has 0 radical (unpaired) electrons. The van der Waals surface area contributed by atoms with Crippen LogP contribution in [0.5, 0.6) is 0 Å². The van der Waals surface area contributed by atoms with Crippen molar-refractivity contribution in [3.63, 3.8) is 0 Å². The van der Waals surface area contributed by atoms with Gasteiger partial charge in [-0.2, -0.15) is 0 Å². The summed E-state index contributed by atoms with van der Waals surface area (Å²) in [6, 6.07) is 6.56. The van der Waals surface area contributed by atoms with E-state index in [1.807, 2.05) is 6.07 Å². The number of anilines is 1. The summed E-state index contributed by atoms with van der Waals surface area (Å²) in [4.78, 5) is 40.7. The van der Waals surface area contributed by atoms with Gasteiger partial charge >= 0.3 is 0 Å². The van der Waals surface area contributed by atoms with E-state index >= 15 is 0 Å². The summed E-state index contributed by atoms with van der Waals surface area (Å²) in [6.45, 7) is 3.78. The zero-order valence-corrected chi connectivity index (χ0v) is 14.5. The molecule has 0 spiro atoms. The maximum atomic E-state index is 12.7. The fourth-order valence-electron chi connectivity index (χ4n) is 2.66. The Kier molecular flexibility index (Phi) is 5.62. The van der Waals surface area contributed by atoms with Crippen LogP contribution < -0.4 is 4.90 Å². The van der Waals surface area contributed by atoms with Gasteiger partial charge in [-0.25, -0.2) is 0 Å². The Morgan fingerprint density at radius 2 is 2.04 bits per heavy atom. The van der Waals surface area contributed by atoms with Gasteiger partial charge in [-0.15, -0.1) is 0 Å². The molecule has 6 nitrogen and oxygen atoms in total. The van der Waals surface area contributed by atoms with Crippen LogP contribution in [0, 0.1) is 0 Å². The maximum Gasteiger partial charge on any atom is 0.249 e. The van der Waals surface area contributed by atoms with Crippen LogP contribution in [0.25, 0.3) is 0 Å². The van der Waals surface area contributed by atoms with Gasteiger partial charge in [-0.1, -0.05) is 30.3 Å². The van der Waals surface area contributed by atoms with Crippen LogP contribution in [0.4, 0.5) is 5.69 Å². The van der Waals surface area contributed by atoms with Gasteiger partial charge in [0.15, 0.2) is 0 Å². The minimum atomic E-state index is -0.555. The summed E-state index contributed by atoms with van der Waals surface area (Å²) in [7, 11) is 3.09. The van der Waals surface area contributed by atoms with Crippen molar-refractivity contribution in [1.29, 1.82) is 0 Å². The highest BCUT2D eigenvalue weighted by Crippen LogP contribution is 2.30. The van der Waals surface area contributed by atoms with Crippen LogP contribution in [-0.2, 0) is 14.4 Å². The molecule has 1 fully saturated rings. The predicted octanol–water partition coefficient (Wildman–Crippen LogP) is 1.55. The average molecular weight is 350 g/mol. The number of hydrogen-bond acceptors (Lipinski definition) is 3. The number of carbonyl (C=O) groups excluding carboxylic acids is 3. The molecular weight excluding hydrogens is 330 g/mol. The third-order valence-corrected chi connectivity index (χ3v) is 4.42. The highest BCUT2D eigenvalue weighted by molar-refractivity contribution is 6.34. The lowest BCUT2D eigenvalue weighted by Crippen LogP contribution is -2.47. The number of carbonyl (C=O) groups is 3. The number of nitrogens with zero attached hydrogens (tertiary/aromatic N) is 3. The molecular formula is C17H20ClN3O3. The van der Waals surface area contributed by atoms with Crippen molar-refractivity contribution < 1.29 is 14.4 Å². The smallest absolute Gasteiger partial charge is 0.249 e. The lowest BCUT2D eigenvalue weighted by molar-refractivity contribution is -0.140. The maximum absolute atomic E-state index is 12.7. The second-order valence-electron chi connectivity index (χ2n) is 5.65. The number of halogens is 1. The van der Waals surface area contributed by atoms with Gasteiger partial charge in [0.1, 0.15) is 6.04 Å². The average Bonchev–Trinajstić information content (AvgIpc) is 2.95. The van der Waals surface area contributed by atoms with E-state index in [9.17, 15) is 14.4 Å². The van der Waals surface area contributed by atoms with Crippen LogP contribution in [0.2, 0.25) is 5.02 Å². The second kappa shape index (κ2) is 7.49. The van der Waals surface area contributed by atoms with Crippen LogP contribution in [0.15, 0.2) is 36.9 Å². The third-order valence-electron chi connectivity index (χ3n) is 4.10. The van der Waals surface area contributed by atoms with Crippen molar-refractivity contribution in [2.75, 3.05) is 32.1 Å². The Bertz CT molecular complexity index is 677. The minimum absolute atomic E-state index is 0.1000. The zero-order valence-electron chi connectivity index (χ0n) is 13.7. The Morgan fingerprint density at radius 3 is 2.67 bits per heavy atom. The molecule has 1 saturated heterocycles. The lowest BCUT2D eigenvalue weighted by Gasteiger charge is -2.26. The molecule has 24 heavy (non-hydrogen) atoms. The summed E-state index contributed by atoms with van der Waals surface area (Å²) in [5.41, 5.74) is 0.645. The summed E-state index contributed by atoms with van der Waals surface area (Å²) in [5.74, 6) is -0.809. The quantitative estimate of drug-likeness (QED) is 0.758. The van der Waals surface area contributed by atoms with E-state index < -0.39 is 6.04 Å². The first-order valence-corrected chi connectivity index (χ1v) is 7.93. The molecule has 1 aromatic carbocycles. The van der Waals surface area contributed by atoms with E-state index in [-0.39, 0.29) is 24.3 Å². The van der Waals surface area contributed by atoms with Gasteiger partial charge in [-0.3, -0.25) is 14.4 Å². The number of benzene rings is 1. The Morgan fingerprint density at radius 1 is 1.38 bits per heavy atom. The standard InChI is InChI=1S/C17H20ClN3O3/c1-4-15(22)19(2)11-16(23)20(3)14-9-10-21(17(14)24)13-8-6-5-7-12(13)18/h4-8,14H,1,9-11H2,2-3H3. The van der Waals surface area contributed by atoms with Crippen LogP contribution in [0.1, 0.15) is 6.42 Å². The van der Waals surface area contributed by atoms with Crippen molar-refractivity contribution in [3.8, 4) is 0 Å². The molecule has 1 unspecified atom stereocenters. The fourth-order valence-corrected chi connectivity index (χ4v) is 2.89. The van der Waals surface area contributed by atoms with Crippen LogP contribution >= 0.6 is 11.6 Å². The lowest BCUT2D eigenvalue weighted by atomic mass is 10.2. The molecule has 1 heterocycles. The second-order valence-corrected chi connectivity index (χ2v) is 6.06. The molecule has 2 rings (SSSR count). The number of amides is 3. The number of rotatable bonds is 5. The Balaban J connectivity index is 2.07. The molecule has 0 aliphatic carbocycles. The Hall–Kier alpha value is -2.34. The zero-order chi connectivity index (χ0) is 17.9. The molecule has 1 aliphatic rings. The SMILES string of the molecule is C=CC(=O)N(C)CC(=O)N(C)C1CCN(c2ccccc2Cl)C1=O. The highest BCUT2D eigenvalue weighted by Gasteiger charge is 2.37. The van der Waals surface area contributed by atoms with E-state index in [0.29, 0.717) is 23.7 Å². The van der Waals surface area contributed by atoms with Crippen molar-refractivity contribution in [3.05, 3.63) is 41.9 Å². The van der Waals surface area contributed by atoms with Gasteiger partial charge in [0.05, 0.1) is 17.3 Å². The normalized spacial score (nSPS) is 16.9. The fraction of sp³-hybridized carbons (Fsp3) is 0.353. The van der Waals surface area contributed by atoms with Crippen molar-refractivity contribution in [2.45, 2.75) is 12.5 Å². The number of hydrogen-bond donors (Lipinski definition) is 0. The van der Waals surface area contributed by atoms with Gasteiger partial charge in [0.2, 0.25) is 17.7 Å². The number of para-hydroxylation sites is 1. The first-order valence-electron chi connectivity index (χ1n) is 7.56. The monoisotopic (exact) mass is 349 g/mol. The molecule has 128 valence electrons. The molecule has 0 aromatic heterocycles. The van der Waals surface area contributed by atoms with Gasteiger partial charge in [0, 0.05) is 20.6 Å². The van der Waals surface area contributed by atoms with Gasteiger partial charge in [0.25, 0.3) is 0 Å². The molecule has 0 bridgehead atoms. The molecule has 0 saturated carbocycles. The van der Waals surface area contributed by atoms with E-state index in [4.69, 9.17) is 11.6 Å². The molecule has 1 atom stereocenters. The van der Waals surface area contributed by atoms with E-state index in [1.165, 1.54) is 16.8 Å². The van der Waals surface area contributed by atoms with E-state index in [0.717, 1.165) is 6.08 Å². The number of likely N-dealkylation sites (N-methyl/N-ethyl adjacent to an activating group) is 2. The molecule has 3 amide bonds. The van der Waals surface area contributed by atoms with Crippen LogP contribution in [0.3, 0.4) is 0 Å². The highest BCUT2D eigenvalue weighted by atomic mass is 35.5. The first kappa shape index (κ1) is 18.0. The van der Waals surface area contributed by atoms with Crippen molar-refractivity contribution in [1.82, 2.24) is 9.80 Å². The largest absolute Gasteiger partial charge is 0.333 e. The first-order chi connectivity index (χ1) is 11.4. The summed E-state index contributed by atoms with van der Waals surface area (Å²) in [5, 5.41) is 0.497. The minimum Gasteiger partial charge on any atom is -0.333 e. The summed E-state index contributed by atoms with van der Waals surface area (Å²) in [6.07, 6.45) is 1.67. The van der Waals surface area contributed by atoms with Crippen molar-refractivity contribution >= 4 is 35.0 Å². The van der Waals surface area contributed by atoms with Crippen LogP contribution in [-0.4, -0.2) is 60.7 Å². The van der Waals surface area contributed by atoms with E-state index in [1.54, 1.807) is 30.1 Å². The summed E-state index contributed by atoms with van der Waals surface area (Å²) >= 11 is 6.15. The molecule has 1 aromatic rings. The third kappa shape index (κ3) is 3.59. The summed E-state index contributed by atoms with van der Waals surface area (Å²) < 4.78 is 0. The van der Waals surface area contributed by atoms with Gasteiger partial charge in [-0.05, 0) is 24.6 Å². The molecule has 7 heteroatoms.